The molecule has 1 aromatic heterocycles. The van der Waals surface area contributed by atoms with E-state index in [0.29, 0.717) is 0 Å². The molecule has 112 valence electrons. The maximum atomic E-state index is 10.7. The number of aromatic nitrogens is 2. The molecule has 1 fully saturated rings. The average molecular weight is 299 g/mol. The molecule has 0 spiro atoms. The van der Waals surface area contributed by atoms with Crippen molar-refractivity contribution in [2.24, 2.45) is 0 Å². The van der Waals surface area contributed by atoms with Crippen LogP contribution in [0, 0.1) is 6.92 Å². The van der Waals surface area contributed by atoms with E-state index < -0.39 is 5.97 Å². The van der Waals surface area contributed by atoms with Crippen molar-refractivity contribution in [1.29, 1.82) is 0 Å². The molecule has 1 unspecified atom stereocenters. The molecule has 0 amide bonds. The van der Waals surface area contributed by atoms with E-state index in [2.05, 4.69) is 21.4 Å². The summed E-state index contributed by atoms with van der Waals surface area (Å²) < 4.78 is 7.48. The lowest BCUT2D eigenvalue weighted by Gasteiger charge is -2.30. The van der Waals surface area contributed by atoms with E-state index in [1.165, 1.54) is 11.8 Å². The van der Waals surface area contributed by atoms with Crippen LogP contribution in [0.1, 0.15) is 18.7 Å². The normalized spacial score (nSPS) is 18.1. The van der Waals surface area contributed by atoms with Gasteiger partial charge in [-0.05, 0) is 13.8 Å². The Morgan fingerprint density at radius 3 is 2.90 bits per heavy atom. The van der Waals surface area contributed by atoms with Gasteiger partial charge < -0.3 is 14.4 Å². The number of aryl methyl sites for hydroxylation is 1. The minimum absolute atomic E-state index is 0.0424. The summed E-state index contributed by atoms with van der Waals surface area (Å²) in [7, 11) is 0. The first-order valence-corrected chi connectivity index (χ1v) is 7.75. The standard InChI is InChI=1S/C13H21N3O3S/c1-10-7-14-13(20-9-12(17)18)16(10)11(2)8-15-3-5-19-6-4-15/h7,11H,3-6,8-9H2,1-2H3,(H,17,18). The summed E-state index contributed by atoms with van der Waals surface area (Å²) in [6, 6.07) is 0.270. The highest BCUT2D eigenvalue weighted by atomic mass is 32.2. The number of imidazole rings is 1. The summed E-state index contributed by atoms with van der Waals surface area (Å²) in [5.74, 6) is -0.774. The first kappa shape index (κ1) is 15.3. The van der Waals surface area contributed by atoms with Crippen molar-refractivity contribution in [3.8, 4) is 0 Å². The molecule has 0 aliphatic carbocycles. The predicted molar refractivity (Wildman–Crippen MR) is 77.3 cm³/mol. The van der Waals surface area contributed by atoms with Gasteiger partial charge in [-0.1, -0.05) is 11.8 Å². The second-order valence-electron chi connectivity index (χ2n) is 5.00. The van der Waals surface area contributed by atoms with Crippen LogP contribution in [0.15, 0.2) is 11.4 Å². The molecule has 20 heavy (non-hydrogen) atoms. The number of rotatable bonds is 6. The lowest BCUT2D eigenvalue weighted by molar-refractivity contribution is -0.133. The zero-order valence-corrected chi connectivity index (χ0v) is 12.7. The van der Waals surface area contributed by atoms with E-state index in [0.717, 1.165) is 43.7 Å². The highest BCUT2D eigenvalue weighted by Crippen LogP contribution is 2.23. The summed E-state index contributed by atoms with van der Waals surface area (Å²) in [6.07, 6.45) is 1.81. The van der Waals surface area contributed by atoms with Gasteiger partial charge in [0, 0.05) is 37.6 Å². The Morgan fingerprint density at radius 2 is 2.25 bits per heavy atom. The molecule has 0 radical (unpaired) electrons. The van der Waals surface area contributed by atoms with Gasteiger partial charge in [-0.2, -0.15) is 0 Å². The molecule has 0 bridgehead atoms. The molecule has 2 rings (SSSR count). The molecule has 1 atom stereocenters. The number of nitrogens with zero attached hydrogens (tertiary/aromatic N) is 3. The number of carboxylic acid groups (broad SMARTS) is 1. The summed E-state index contributed by atoms with van der Waals surface area (Å²) in [5, 5.41) is 9.58. The Hall–Kier alpha value is -1.05. The number of hydrogen-bond acceptors (Lipinski definition) is 5. The summed E-state index contributed by atoms with van der Waals surface area (Å²) in [6.45, 7) is 8.57. The van der Waals surface area contributed by atoms with E-state index in [9.17, 15) is 4.79 Å². The van der Waals surface area contributed by atoms with Crippen LogP contribution in [0.3, 0.4) is 0 Å². The lowest BCUT2D eigenvalue weighted by atomic mass is 10.2. The number of carbonyl (C=O) groups is 1. The molecule has 7 heteroatoms. The Morgan fingerprint density at radius 1 is 1.55 bits per heavy atom. The van der Waals surface area contributed by atoms with E-state index in [1.807, 2.05) is 6.92 Å². The number of thioether (sulfide) groups is 1. The van der Waals surface area contributed by atoms with E-state index >= 15 is 0 Å². The monoisotopic (exact) mass is 299 g/mol. The van der Waals surface area contributed by atoms with Gasteiger partial charge in [0.1, 0.15) is 0 Å². The van der Waals surface area contributed by atoms with E-state index in [1.54, 1.807) is 6.20 Å². The van der Waals surface area contributed by atoms with Crippen LogP contribution >= 0.6 is 11.8 Å². The Labute approximate surface area is 123 Å². The van der Waals surface area contributed by atoms with Crippen LogP contribution in [0.2, 0.25) is 0 Å². The zero-order valence-electron chi connectivity index (χ0n) is 11.9. The van der Waals surface area contributed by atoms with Crippen LogP contribution in [0.25, 0.3) is 0 Å². The number of hydrogen-bond donors (Lipinski definition) is 1. The van der Waals surface area contributed by atoms with Crippen LogP contribution < -0.4 is 0 Å². The smallest absolute Gasteiger partial charge is 0.313 e. The maximum absolute atomic E-state index is 10.7. The van der Waals surface area contributed by atoms with Gasteiger partial charge in [-0.3, -0.25) is 9.69 Å². The molecule has 1 aromatic rings. The fraction of sp³-hybridized carbons (Fsp3) is 0.692. The van der Waals surface area contributed by atoms with Gasteiger partial charge in [0.25, 0.3) is 0 Å². The minimum Gasteiger partial charge on any atom is -0.481 e. The van der Waals surface area contributed by atoms with E-state index in [-0.39, 0.29) is 11.8 Å². The third-order valence-corrected chi connectivity index (χ3v) is 4.29. The molecule has 6 nitrogen and oxygen atoms in total. The zero-order chi connectivity index (χ0) is 14.5. The van der Waals surface area contributed by atoms with Crippen molar-refractivity contribution in [3.05, 3.63) is 11.9 Å². The van der Waals surface area contributed by atoms with Crippen LogP contribution in [0.5, 0.6) is 0 Å². The molecule has 2 heterocycles. The fourth-order valence-electron chi connectivity index (χ4n) is 2.43. The van der Waals surface area contributed by atoms with Crippen molar-refractivity contribution >= 4 is 17.7 Å². The molecule has 1 aliphatic heterocycles. The number of ether oxygens (including phenoxy) is 1. The van der Waals surface area contributed by atoms with Crippen molar-refractivity contribution in [1.82, 2.24) is 14.5 Å². The minimum atomic E-state index is -0.817. The Balaban J connectivity index is 2.01. The number of aliphatic carboxylic acids is 1. The second kappa shape index (κ2) is 7.10. The van der Waals surface area contributed by atoms with E-state index in [4.69, 9.17) is 9.84 Å². The molecular formula is C13H21N3O3S. The fourth-order valence-corrected chi connectivity index (χ4v) is 3.28. The topological polar surface area (TPSA) is 67.6 Å². The first-order valence-electron chi connectivity index (χ1n) is 6.76. The molecule has 1 aliphatic rings. The molecule has 0 saturated carbocycles. The van der Waals surface area contributed by atoms with Gasteiger partial charge in [0.05, 0.1) is 19.0 Å². The van der Waals surface area contributed by atoms with Crippen molar-refractivity contribution in [2.75, 3.05) is 38.6 Å². The third kappa shape index (κ3) is 3.97. The first-order chi connectivity index (χ1) is 9.58. The Kier molecular flexibility index (Phi) is 5.45. The predicted octanol–water partition coefficient (Wildman–Crippen LogP) is 1.26. The number of carboxylic acids is 1. The summed E-state index contributed by atoms with van der Waals surface area (Å²) in [5.41, 5.74) is 1.07. The molecular weight excluding hydrogens is 278 g/mol. The number of morpholine rings is 1. The highest BCUT2D eigenvalue weighted by Gasteiger charge is 2.19. The van der Waals surface area contributed by atoms with Crippen molar-refractivity contribution in [3.63, 3.8) is 0 Å². The Bertz CT molecular complexity index is 458. The largest absolute Gasteiger partial charge is 0.481 e. The lowest BCUT2D eigenvalue weighted by Crippen LogP contribution is -2.39. The maximum Gasteiger partial charge on any atom is 0.313 e. The molecule has 1 N–H and O–H groups in total. The van der Waals surface area contributed by atoms with Crippen LogP contribution in [-0.2, 0) is 9.53 Å². The highest BCUT2D eigenvalue weighted by molar-refractivity contribution is 7.99. The average Bonchev–Trinajstić information content (AvgIpc) is 2.78. The van der Waals surface area contributed by atoms with Gasteiger partial charge in [-0.15, -0.1) is 0 Å². The summed E-state index contributed by atoms with van der Waals surface area (Å²) in [4.78, 5) is 17.4. The van der Waals surface area contributed by atoms with Crippen molar-refractivity contribution in [2.45, 2.75) is 25.0 Å². The quantitative estimate of drug-likeness (QED) is 0.798. The van der Waals surface area contributed by atoms with Gasteiger partial charge in [-0.25, -0.2) is 4.98 Å². The molecule has 0 aromatic carbocycles. The SMILES string of the molecule is Cc1cnc(SCC(=O)O)n1C(C)CN1CCOCC1. The van der Waals surface area contributed by atoms with Crippen LogP contribution in [0.4, 0.5) is 0 Å². The van der Waals surface area contributed by atoms with Gasteiger partial charge in [0.2, 0.25) is 0 Å². The summed E-state index contributed by atoms with van der Waals surface area (Å²) >= 11 is 1.28. The van der Waals surface area contributed by atoms with Gasteiger partial charge in [0.15, 0.2) is 5.16 Å². The second-order valence-corrected chi connectivity index (χ2v) is 5.94. The molecule has 1 saturated heterocycles. The van der Waals surface area contributed by atoms with Crippen LogP contribution in [-0.4, -0.2) is 64.1 Å². The third-order valence-electron chi connectivity index (χ3n) is 3.34. The van der Waals surface area contributed by atoms with Crippen molar-refractivity contribution < 1.29 is 14.6 Å². The van der Waals surface area contributed by atoms with Gasteiger partial charge >= 0.3 is 5.97 Å².